The highest BCUT2D eigenvalue weighted by molar-refractivity contribution is 5.30. The summed E-state index contributed by atoms with van der Waals surface area (Å²) < 4.78 is 21.3. The van der Waals surface area contributed by atoms with Crippen LogP contribution in [0.15, 0.2) is 30.5 Å². The van der Waals surface area contributed by atoms with Crippen LogP contribution >= 0.6 is 0 Å². The Labute approximate surface area is 119 Å². The highest BCUT2D eigenvalue weighted by Crippen LogP contribution is 2.21. The second-order valence-electron chi connectivity index (χ2n) is 4.93. The molecular formula is C16H21FN2O. The maximum absolute atomic E-state index is 13.8. The fourth-order valence-electron chi connectivity index (χ4n) is 2.20. The molecule has 1 aromatic heterocycles. The van der Waals surface area contributed by atoms with E-state index >= 15 is 0 Å². The van der Waals surface area contributed by atoms with Gasteiger partial charge >= 0.3 is 0 Å². The number of aromatic nitrogens is 2. The summed E-state index contributed by atoms with van der Waals surface area (Å²) in [6.45, 7) is 6.31. The highest BCUT2D eigenvalue weighted by atomic mass is 19.1. The van der Waals surface area contributed by atoms with Crippen molar-refractivity contribution in [1.82, 2.24) is 9.78 Å². The van der Waals surface area contributed by atoms with Gasteiger partial charge in [0.1, 0.15) is 6.61 Å². The van der Waals surface area contributed by atoms with Gasteiger partial charge in [0.15, 0.2) is 11.6 Å². The molecule has 0 aliphatic heterocycles. The summed E-state index contributed by atoms with van der Waals surface area (Å²) in [4.78, 5) is 0. The molecule has 0 atom stereocenters. The molecule has 0 saturated heterocycles. The minimum Gasteiger partial charge on any atom is -0.484 e. The molecule has 0 fully saturated rings. The highest BCUT2D eigenvalue weighted by Gasteiger charge is 2.10. The molecule has 20 heavy (non-hydrogen) atoms. The van der Waals surface area contributed by atoms with E-state index in [1.807, 2.05) is 16.9 Å². The summed E-state index contributed by atoms with van der Waals surface area (Å²) in [5, 5.41) is 4.49. The lowest BCUT2D eigenvalue weighted by Crippen LogP contribution is -2.08. The van der Waals surface area contributed by atoms with Crippen LogP contribution < -0.4 is 4.74 Å². The van der Waals surface area contributed by atoms with Crippen molar-refractivity contribution in [3.05, 3.63) is 47.5 Å². The Hall–Kier alpha value is -1.84. The van der Waals surface area contributed by atoms with Crippen molar-refractivity contribution in [2.45, 2.75) is 46.3 Å². The largest absolute Gasteiger partial charge is 0.484 e. The number of nitrogens with zero attached hydrogens (tertiary/aromatic N) is 2. The van der Waals surface area contributed by atoms with Gasteiger partial charge in [-0.2, -0.15) is 5.10 Å². The lowest BCUT2D eigenvalue weighted by atomic mass is 10.2. The molecule has 2 rings (SSSR count). The second-order valence-corrected chi connectivity index (χ2v) is 4.93. The van der Waals surface area contributed by atoms with E-state index in [2.05, 4.69) is 18.9 Å². The van der Waals surface area contributed by atoms with E-state index < -0.39 is 0 Å². The average molecular weight is 276 g/mol. The van der Waals surface area contributed by atoms with Crippen molar-refractivity contribution in [2.75, 3.05) is 0 Å². The first-order chi connectivity index (χ1) is 9.65. The normalized spacial score (nSPS) is 11.1. The number of benzene rings is 1. The van der Waals surface area contributed by atoms with Crippen LogP contribution in [0.2, 0.25) is 0 Å². The van der Waals surface area contributed by atoms with E-state index in [0.29, 0.717) is 11.6 Å². The van der Waals surface area contributed by atoms with Gasteiger partial charge in [-0.3, -0.25) is 4.68 Å². The molecule has 0 spiro atoms. The molecule has 2 aromatic rings. The zero-order chi connectivity index (χ0) is 14.5. The van der Waals surface area contributed by atoms with Gasteiger partial charge in [-0.1, -0.05) is 26.0 Å². The zero-order valence-corrected chi connectivity index (χ0v) is 12.3. The lowest BCUT2D eigenvalue weighted by Gasteiger charge is -2.12. The zero-order valence-electron chi connectivity index (χ0n) is 12.3. The third kappa shape index (κ3) is 3.18. The molecule has 0 bridgehead atoms. The summed E-state index contributed by atoms with van der Waals surface area (Å²) in [6.07, 6.45) is 4.05. The second kappa shape index (κ2) is 6.55. The summed E-state index contributed by atoms with van der Waals surface area (Å²) in [6, 6.07) is 7.49. The van der Waals surface area contributed by atoms with Crippen molar-refractivity contribution < 1.29 is 9.13 Å². The SMILES string of the molecule is CCC(CC)n1ccc(COc2cccc(C)c2F)n1. The molecule has 108 valence electrons. The third-order valence-electron chi connectivity index (χ3n) is 3.51. The van der Waals surface area contributed by atoms with Gasteiger partial charge in [-0.15, -0.1) is 0 Å². The Morgan fingerprint density at radius 3 is 2.70 bits per heavy atom. The minimum atomic E-state index is -0.299. The Balaban J connectivity index is 2.03. The molecule has 0 aliphatic carbocycles. The van der Waals surface area contributed by atoms with E-state index in [-0.39, 0.29) is 18.2 Å². The van der Waals surface area contributed by atoms with Crippen molar-refractivity contribution >= 4 is 0 Å². The minimum absolute atomic E-state index is 0.280. The van der Waals surface area contributed by atoms with E-state index in [0.717, 1.165) is 18.5 Å². The van der Waals surface area contributed by atoms with Gasteiger partial charge in [0.05, 0.1) is 11.7 Å². The van der Waals surface area contributed by atoms with Gasteiger partial charge in [-0.05, 0) is 37.5 Å². The number of ether oxygens (including phenoxy) is 1. The van der Waals surface area contributed by atoms with E-state index in [9.17, 15) is 4.39 Å². The first-order valence-electron chi connectivity index (χ1n) is 7.07. The van der Waals surface area contributed by atoms with Crippen LogP contribution in [0.5, 0.6) is 5.75 Å². The average Bonchev–Trinajstić information content (AvgIpc) is 2.91. The monoisotopic (exact) mass is 276 g/mol. The van der Waals surface area contributed by atoms with Gasteiger partial charge in [0.25, 0.3) is 0 Å². The first-order valence-corrected chi connectivity index (χ1v) is 7.07. The van der Waals surface area contributed by atoms with Crippen LogP contribution in [0.4, 0.5) is 4.39 Å². The predicted octanol–water partition coefficient (Wildman–Crippen LogP) is 4.27. The van der Waals surface area contributed by atoms with E-state index in [4.69, 9.17) is 4.74 Å². The topological polar surface area (TPSA) is 27.1 Å². The molecule has 0 radical (unpaired) electrons. The van der Waals surface area contributed by atoms with Crippen molar-refractivity contribution in [1.29, 1.82) is 0 Å². The van der Waals surface area contributed by atoms with Crippen LogP contribution in [0.3, 0.4) is 0 Å². The molecule has 1 aromatic carbocycles. The molecule has 0 unspecified atom stereocenters. The van der Waals surface area contributed by atoms with Crippen LogP contribution in [0, 0.1) is 12.7 Å². The molecule has 3 nitrogen and oxygen atoms in total. The van der Waals surface area contributed by atoms with Crippen LogP contribution in [0.25, 0.3) is 0 Å². The Morgan fingerprint density at radius 2 is 2.00 bits per heavy atom. The number of rotatable bonds is 6. The first kappa shape index (κ1) is 14.6. The number of hydrogen-bond donors (Lipinski definition) is 0. The Bertz CT molecular complexity index is 561. The lowest BCUT2D eigenvalue weighted by molar-refractivity contribution is 0.282. The molecular weight excluding hydrogens is 255 g/mol. The predicted molar refractivity (Wildman–Crippen MR) is 77.3 cm³/mol. The summed E-state index contributed by atoms with van der Waals surface area (Å²) in [5.41, 5.74) is 1.41. The molecule has 0 N–H and O–H groups in total. The summed E-state index contributed by atoms with van der Waals surface area (Å²) >= 11 is 0. The number of hydrogen-bond acceptors (Lipinski definition) is 2. The van der Waals surface area contributed by atoms with Gasteiger partial charge in [0, 0.05) is 6.20 Å². The van der Waals surface area contributed by atoms with E-state index in [1.54, 1.807) is 25.1 Å². The maximum Gasteiger partial charge on any atom is 0.167 e. The Kier molecular flexibility index (Phi) is 4.77. The van der Waals surface area contributed by atoms with E-state index in [1.165, 1.54) is 0 Å². The van der Waals surface area contributed by atoms with Gasteiger partial charge < -0.3 is 4.74 Å². The van der Waals surface area contributed by atoms with Gasteiger partial charge in [0.2, 0.25) is 0 Å². The summed E-state index contributed by atoms with van der Waals surface area (Å²) in [7, 11) is 0. The smallest absolute Gasteiger partial charge is 0.167 e. The quantitative estimate of drug-likeness (QED) is 0.787. The molecule has 0 aliphatic rings. The number of halogens is 1. The van der Waals surface area contributed by atoms with Crippen molar-refractivity contribution in [3.63, 3.8) is 0 Å². The molecule has 4 heteroatoms. The third-order valence-corrected chi connectivity index (χ3v) is 3.51. The molecule has 0 amide bonds. The number of aryl methyl sites for hydroxylation is 1. The molecule has 0 saturated carbocycles. The van der Waals surface area contributed by atoms with Crippen molar-refractivity contribution in [2.24, 2.45) is 0 Å². The maximum atomic E-state index is 13.8. The fourth-order valence-corrected chi connectivity index (χ4v) is 2.20. The molecule has 1 heterocycles. The Morgan fingerprint density at radius 1 is 1.25 bits per heavy atom. The van der Waals surface area contributed by atoms with Crippen LogP contribution in [0.1, 0.15) is 44.0 Å². The van der Waals surface area contributed by atoms with Crippen LogP contribution in [-0.4, -0.2) is 9.78 Å². The summed E-state index contributed by atoms with van der Waals surface area (Å²) in [5.74, 6) is -0.0194. The van der Waals surface area contributed by atoms with Crippen LogP contribution in [-0.2, 0) is 6.61 Å². The fraction of sp³-hybridized carbons (Fsp3) is 0.438. The standard InChI is InChI=1S/C16H21FN2O/c1-4-14(5-2)19-10-9-13(18-19)11-20-15-8-6-7-12(3)16(15)17/h6-10,14H,4-5,11H2,1-3H3. The van der Waals surface area contributed by atoms with Gasteiger partial charge in [-0.25, -0.2) is 4.39 Å². The van der Waals surface area contributed by atoms with Crippen molar-refractivity contribution in [3.8, 4) is 5.75 Å².